The summed E-state index contributed by atoms with van der Waals surface area (Å²) in [5, 5.41) is 8.66. The molecule has 0 fully saturated rings. The SMILES string of the molecule is COc1cc(-c2nn(-c3ccc(C)c(C)c3)c3c2CCCCN3)cc(OC)c1OC. The van der Waals surface area contributed by atoms with Gasteiger partial charge in [-0.1, -0.05) is 6.07 Å². The van der Waals surface area contributed by atoms with Crippen molar-refractivity contribution in [3.05, 3.63) is 47.0 Å². The fraction of sp³-hybridized carbons (Fsp3) is 0.375. The number of ether oxygens (including phenoxy) is 3. The minimum atomic E-state index is 0.585. The third-order valence-corrected chi connectivity index (χ3v) is 5.80. The van der Waals surface area contributed by atoms with E-state index in [4.69, 9.17) is 19.3 Å². The van der Waals surface area contributed by atoms with Gasteiger partial charge in [-0.15, -0.1) is 0 Å². The highest BCUT2D eigenvalue weighted by atomic mass is 16.5. The number of hydrogen-bond donors (Lipinski definition) is 1. The van der Waals surface area contributed by atoms with Gasteiger partial charge in [0.2, 0.25) is 5.75 Å². The largest absolute Gasteiger partial charge is 0.493 e. The average Bonchev–Trinajstić information content (AvgIpc) is 2.95. The second-order valence-electron chi connectivity index (χ2n) is 7.65. The third kappa shape index (κ3) is 3.47. The van der Waals surface area contributed by atoms with E-state index in [2.05, 4.69) is 37.4 Å². The summed E-state index contributed by atoms with van der Waals surface area (Å²) < 4.78 is 18.7. The van der Waals surface area contributed by atoms with Crippen molar-refractivity contribution in [3.8, 4) is 34.2 Å². The van der Waals surface area contributed by atoms with Gasteiger partial charge in [-0.25, -0.2) is 4.68 Å². The molecule has 158 valence electrons. The van der Waals surface area contributed by atoms with E-state index in [-0.39, 0.29) is 0 Å². The first-order valence-electron chi connectivity index (χ1n) is 10.3. The van der Waals surface area contributed by atoms with Gasteiger partial charge in [0.05, 0.1) is 32.7 Å². The number of nitrogens with zero attached hydrogens (tertiary/aromatic N) is 2. The van der Waals surface area contributed by atoms with Crippen molar-refractivity contribution in [1.29, 1.82) is 0 Å². The summed E-state index contributed by atoms with van der Waals surface area (Å²) in [4.78, 5) is 0. The van der Waals surface area contributed by atoms with Crippen molar-refractivity contribution in [3.63, 3.8) is 0 Å². The first-order valence-corrected chi connectivity index (χ1v) is 10.3. The summed E-state index contributed by atoms with van der Waals surface area (Å²) in [5.74, 6) is 2.91. The number of aromatic nitrogens is 2. The molecule has 30 heavy (non-hydrogen) atoms. The van der Waals surface area contributed by atoms with E-state index in [0.717, 1.165) is 48.6 Å². The maximum Gasteiger partial charge on any atom is 0.203 e. The normalized spacial score (nSPS) is 13.2. The number of fused-ring (bicyclic) bond motifs is 1. The van der Waals surface area contributed by atoms with E-state index >= 15 is 0 Å². The van der Waals surface area contributed by atoms with Gasteiger partial charge in [-0.3, -0.25) is 0 Å². The van der Waals surface area contributed by atoms with Crippen LogP contribution in [0.5, 0.6) is 17.2 Å². The molecule has 1 N–H and O–H groups in total. The highest BCUT2D eigenvalue weighted by Crippen LogP contribution is 2.43. The zero-order valence-electron chi connectivity index (χ0n) is 18.3. The molecule has 0 spiro atoms. The Morgan fingerprint density at radius 3 is 2.27 bits per heavy atom. The van der Waals surface area contributed by atoms with Crippen LogP contribution in [0.3, 0.4) is 0 Å². The average molecular weight is 408 g/mol. The molecule has 0 atom stereocenters. The molecule has 3 aromatic rings. The predicted molar refractivity (Wildman–Crippen MR) is 120 cm³/mol. The molecular weight excluding hydrogens is 378 g/mol. The van der Waals surface area contributed by atoms with Crippen LogP contribution in [0.25, 0.3) is 16.9 Å². The van der Waals surface area contributed by atoms with Crippen molar-refractivity contribution < 1.29 is 14.2 Å². The van der Waals surface area contributed by atoms with Crippen molar-refractivity contribution in [2.45, 2.75) is 33.1 Å². The van der Waals surface area contributed by atoms with Crippen LogP contribution in [0.4, 0.5) is 5.82 Å². The second kappa shape index (κ2) is 8.30. The van der Waals surface area contributed by atoms with E-state index in [1.165, 1.54) is 16.7 Å². The number of nitrogens with one attached hydrogen (secondary N) is 1. The van der Waals surface area contributed by atoms with E-state index in [0.29, 0.717) is 17.2 Å². The molecule has 1 aromatic heterocycles. The van der Waals surface area contributed by atoms with Crippen LogP contribution in [0.2, 0.25) is 0 Å². The standard InChI is InChI=1S/C24H29N3O3/c1-15-9-10-18(12-16(15)2)27-24-19(8-6-7-11-25-24)22(26-27)17-13-20(28-3)23(30-5)21(14-17)29-4/h9-10,12-14,25H,6-8,11H2,1-5H3. The van der Waals surface area contributed by atoms with Crippen LogP contribution in [-0.2, 0) is 6.42 Å². The Balaban J connectivity index is 1.93. The molecule has 2 heterocycles. The Bertz CT molecular complexity index is 1050. The van der Waals surface area contributed by atoms with Crippen LogP contribution in [0.1, 0.15) is 29.5 Å². The fourth-order valence-corrected chi connectivity index (χ4v) is 4.00. The number of benzene rings is 2. The van der Waals surface area contributed by atoms with Gasteiger partial charge in [-0.05, 0) is 68.5 Å². The molecule has 0 saturated carbocycles. The second-order valence-corrected chi connectivity index (χ2v) is 7.65. The molecule has 1 aliphatic rings. The Labute approximate surface area is 177 Å². The van der Waals surface area contributed by atoms with Crippen LogP contribution >= 0.6 is 0 Å². The van der Waals surface area contributed by atoms with E-state index in [9.17, 15) is 0 Å². The fourth-order valence-electron chi connectivity index (χ4n) is 4.00. The summed E-state index contributed by atoms with van der Waals surface area (Å²) >= 11 is 0. The molecule has 0 saturated heterocycles. The Kier molecular flexibility index (Phi) is 5.57. The van der Waals surface area contributed by atoms with Gasteiger partial charge in [0.1, 0.15) is 5.82 Å². The van der Waals surface area contributed by atoms with E-state index in [1.54, 1.807) is 21.3 Å². The Morgan fingerprint density at radius 1 is 0.900 bits per heavy atom. The molecule has 4 rings (SSSR count). The summed E-state index contributed by atoms with van der Waals surface area (Å²) in [5.41, 5.74) is 6.70. The maximum absolute atomic E-state index is 5.57. The molecular formula is C24H29N3O3. The summed E-state index contributed by atoms with van der Waals surface area (Å²) in [6.07, 6.45) is 3.23. The van der Waals surface area contributed by atoms with Crippen molar-refractivity contribution >= 4 is 5.82 Å². The Morgan fingerprint density at radius 2 is 1.63 bits per heavy atom. The van der Waals surface area contributed by atoms with Gasteiger partial charge < -0.3 is 19.5 Å². The number of anilines is 1. The molecule has 0 amide bonds. The summed E-state index contributed by atoms with van der Waals surface area (Å²) in [6, 6.07) is 10.4. The van der Waals surface area contributed by atoms with Crippen LogP contribution < -0.4 is 19.5 Å². The highest BCUT2D eigenvalue weighted by Gasteiger charge is 2.24. The molecule has 2 aromatic carbocycles. The minimum Gasteiger partial charge on any atom is -0.493 e. The van der Waals surface area contributed by atoms with Gasteiger partial charge >= 0.3 is 0 Å². The number of aryl methyl sites for hydroxylation is 2. The lowest BCUT2D eigenvalue weighted by molar-refractivity contribution is 0.324. The monoisotopic (exact) mass is 407 g/mol. The highest BCUT2D eigenvalue weighted by molar-refractivity contribution is 5.75. The smallest absolute Gasteiger partial charge is 0.203 e. The molecule has 1 aliphatic heterocycles. The number of hydrogen-bond acceptors (Lipinski definition) is 5. The zero-order valence-corrected chi connectivity index (χ0v) is 18.3. The van der Waals surface area contributed by atoms with Crippen LogP contribution in [0.15, 0.2) is 30.3 Å². The predicted octanol–water partition coefficient (Wildman–Crippen LogP) is 4.93. The van der Waals surface area contributed by atoms with Crippen molar-refractivity contribution in [2.24, 2.45) is 0 Å². The summed E-state index contributed by atoms with van der Waals surface area (Å²) in [6.45, 7) is 5.20. The first kappa shape index (κ1) is 20.1. The maximum atomic E-state index is 5.57. The van der Waals surface area contributed by atoms with Gasteiger partial charge in [0.25, 0.3) is 0 Å². The topological polar surface area (TPSA) is 57.5 Å². The van der Waals surface area contributed by atoms with Crippen LogP contribution in [-0.4, -0.2) is 37.7 Å². The molecule has 0 bridgehead atoms. The van der Waals surface area contributed by atoms with Crippen LogP contribution in [0, 0.1) is 13.8 Å². The first-order chi connectivity index (χ1) is 14.6. The quantitative estimate of drug-likeness (QED) is 0.650. The number of methoxy groups -OCH3 is 3. The third-order valence-electron chi connectivity index (χ3n) is 5.80. The molecule has 6 heteroatoms. The van der Waals surface area contributed by atoms with Gasteiger partial charge in [0, 0.05) is 17.7 Å². The Hall–Kier alpha value is -3.15. The molecule has 6 nitrogen and oxygen atoms in total. The lowest BCUT2D eigenvalue weighted by atomic mass is 10.0. The molecule has 0 unspecified atom stereocenters. The lowest BCUT2D eigenvalue weighted by Gasteiger charge is -2.14. The van der Waals surface area contributed by atoms with E-state index < -0.39 is 0 Å². The number of rotatable bonds is 5. The van der Waals surface area contributed by atoms with Crippen molar-refractivity contribution in [1.82, 2.24) is 9.78 Å². The van der Waals surface area contributed by atoms with Gasteiger partial charge in [0.15, 0.2) is 11.5 Å². The summed E-state index contributed by atoms with van der Waals surface area (Å²) in [7, 11) is 4.89. The van der Waals surface area contributed by atoms with Crippen molar-refractivity contribution in [2.75, 3.05) is 33.2 Å². The molecule has 0 aliphatic carbocycles. The molecule has 0 radical (unpaired) electrons. The lowest BCUT2D eigenvalue weighted by Crippen LogP contribution is -2.07. The zero-order chi connectivity index (χ0) is 21.3. The minimum absolute atomic E-state index is 0.585. The van der Waals surface area contributed by atoms with E-state index in [1.807, 2.05) is 16.8 Å². The van der Waals surface area contributed by atoms with Gasteiger partial charge in [-0.2, -0.15) is 5.10 Å².